The third kappa shape index (κ3) is 3.65. The van der Waals surface area contributed by atoms with Gasteiger partial charge in [0, 0.05) is 12.1 Å². The van der Waals surface area contributed by atoms with Crippen molar-refractivity contribution in [2.45, 2.75) is 111 Å². The number of hydrogen-bond donors (Lipinski definition) is 2. The summed E-state index contributed by atoms with van der Waals surface area (Å²) in [5, 5.41) is 7.50. The summed E-state index contributed by atoms with van der Waals surface area (Å²) in [7, 11) is 2.17. The molecule has 2 heteroatoms. The Morgan fingerprint density at radius 2 is 1.75 bits per heavy atom. The lowest BCUT2D eigenvalue weighted by Gasteiger charge is -2.58. The molecule has 0 amide bonds. The molecule has 4 aliphatic carbocycles. The average Bonchev–Trinajstić information content (AvgIpc) is 3.37. The zero-order chi connectivity index (χ0) is 22.7. The first-order valence-electron chi connectivity index (χ1n) is 14.4. The van der Waals surface area contributed by atoms with Crippen molar-refractivity contribution in [2.24, 2.45) is 52.3 Å². The van der Waals surface area contributed by atoms with Crippen LogP contribution in [0.5, 0.6) is 0 Å². The Morgan fingerprint density at radius 1 is 1.00 bits per heavy atom. The van der Waals surface area contributed by atoms with E-state index in [1.54, 1.807) is 0 Å². The fourth-order valence-corrected chi connectivity index (χ4v) is 10.2. The summed E-state index contributed by atoms with van der Waals surface area (Å²) in [6.45, 7) is 14.2. The van der Waals surface area contributed by atoms with Gasteiger partial charge < -0.3 is 10.6 Å². The molecule has 0 unspecified atom stereocenters. The quantitative estimate of drug-likeness (QED) is 0.459. The van der Waals surface area contributed by atoms with Gasteiger partial charge >= 0.3 is 0 Å². The van der Waals surface area contributed by atoms with Crippen molar-refractivity contribution in [3.8, 4) is 0 Å². The summed E-state index contributed by atoms with van der Waals surface area (Å²) in [6.07, 6.45) is 17.1. The molecule has 32 heavy (non-hydrogen) atoms. The highest BCUT2D eigenvalue weighted by Crippen LogP contribution is 2.67. The zero-order valence-corrected chi connectivity index (χ0v) is 22.1. The van der Waals surface area contributed by atoms with Gasteiger partial charge in [-0.3, -0.25) is 0 Å². The Balaban J connectivity index is 1.32. The molecule has 1 saturated heterocycles. The highest BCUT2D eigenvalue weighted by Gasteiger charge is 2.58. The summed E-state index contributed by atoms with van der Waals surface area (Å²) < 4.78 is 0. The fraction of sp³-hybridized carbons (Fsp3) is 0.933. The Morgan fingerprint density at radius 3 is 2.50 bits per heavy atom. The number of allylic oxidation sites excluding steroid dienone is 2. The Bertz CT molecular complexity index is 712. The van der Waals surface area contributed by atoms with Crippen LogP contribution in [0.25, 0.3) is 0 Å². The van der Waals surface area contributed by atoms with E-state index in [0.29, 0.717) is 10.8 Å². The Hall–Kier alpha value is -0.340. The smallest absolute Gasteiger partial charge is 0.0101 e. The van der Waals surface area contributed by atoms with Crippen molar-refractivity contribution >= 4 is 0 Å². The van der Waals surface area contributed by atoms with Gasteiger partial charge in [0.1, 0.15) is 0 Å². The van der Waals surface area contributed by atoms with Crippen LogP contribution in [0.4, 0.5) is 0 Å². The summed E-state index contributed by atoms with van der Waals surface area (Å²) in [5.74, 6) is 6.17. The van der Waals surface area contributed by atoms with Crippen molar-refractivity contribution in [1.29, 1.82) is 0 Å². The summed E-state index contributed by atoms with van der Waals surface area (Å²) in [6, 6.07) is 1.52. The maximum absolute atomic E-state index is 3.90. The van der Waals surface area contributed by atoms with Crippen LogP contribution in [-0.2, 0) is 0 Å². The molecule has 0 bridgehead atoms. The Labute approximate surface area is 199 Å². The van der Waals surface area contributed by atoms with Gasteiger partial charge in [-0.1, -0.05) is 46.3 Å². The van der Waals surface area contributed by atoms with Crippen LogP contribution in [-0.4, -0.2) is 25.7 Å². The minimum absolute atomic E-state index is 0.555. The summed E-state index contributed by atoms with van der Waals surface area (Å²) >= 11 is 0. The van der Waals surface area contributed by atoms with Gasteiger partial charge in [-0.25, -0.2) is 0 Å². The van der Waals surface area contributed by atoms with Crippen molar-refractivity contribution in [1.82, 2.24) is 10.6 Å². The van der Waals surface area contributed by atoms with Gasteiger partial charge in [0.2, 0.25) is 0 Å². The van der Waals surface area contributed by atoms with E-state index in [9.17, 15) is 0 Å². The van der Waals surface area contributed by atoms with Crippen molar-refractivity contribution in [3.63, 3.8) is 0 Å². The third-order valence-electron chi connectivity index (χ3n) is 12.1. The summed E-state index contributed by atoms with van der Waals surface area (Å²) in [4.78, 5) is 0. The molecule has 2 nitrogen and oxygen atoms in total. The van der Waals surface area contributed by atoms with Gasteiger partial charge in [-0.15, -0.1) is 0 Å². The molecule has 182 valence electrons. The lowest BCUT2D eigenvalue weighted by molar-refractivity contribution is -0.0151. The SMILES string of the molecule is CN[C@@H]1CC[C@@]2(C)[C@@H](CC=C3[C@@H]2CC[C@]2(C)[C@@H]([C@H](C)C[C@@H]4NCC[C@H]4C(C)C)CC[C@@H]32)C1. The van der Waals surface area contributed by atoms with Gasteiger partial charge in [0.25, 0.3) is 0 Å². The van der Waals surface area contributed by atoms with E-state index in [1.807, 2.05) is 5.57 Å². The topological polar surface area (TPSA) is 24.1 Å². The van der Waals surface area contributed by atoms with E-state index in [2.05, 4.69) is 58.4 Å². The standard InChI is InChI=1S/C30H52N2/c1-19(2)23-13-16-32-28(23)17-20(3)25-9-10-26-24-8-7-21-18-22(31-6)11-14-29(21,4)27(24)12-15-30(25,26)5/h8,19-23,25-28,31-32H,7,9-18H2,1-6H3/t20-,21+,22-,23+,25-,26+,27+,28+,29+,30-/m1/s1. The van der Waals surface area contributed by atoms with E-state index < -0.39 is 0 Å². The number of hydrogen-bond acceptors (Lipinski definition) is 2. The summed E-state index contributed by atoms with van der Waals surface area (Å²) in [5.41, 5.74) is 3.06. The van der Waals surface area contributed by atoms with Gasteiger partial charge in [-0.05, 0) is 130 Å². The van der Waals surface area contributed by atoms with E-state index in [0.717, 1.165) is 53.5 Å². The first kappa shape index (κ1) is 23.4. The van der Waals surface area contributed by atoms with Crippen molar-refractivity contribution < 1.29 is 0 Å². The molecule has 0 aromatic rings. The van der Waals surface area contributed by atoms with Crippen LogP contribution in [0.1, 0.15) is 98.8 Å². The molecular weight excluding hydrogens is 388 g/mol. The lowest BCUT2D eigenvalue weighted by atomic mass is 9.47. The molecule has 0 spiro atoms. The lowest BCUT2D eigenvalue weighted by Crippen LogP contribution is -2.51. The second-order valence-corrected chi connectivity index (χ2v) is 13.7. The van der Waals surface area contributed by atoms with Gasteiger partial charge in [0.15, 0.2) is 0 Å². The first-order chi connectivity index (χ1) is 15.3. The monoisotopic (exact) mass is 440 g/mol. The molecule has 10 atom stereocenters. The average molecular weight is 441 g/mol. The molecule has 5 aliphatic rings. The van der Waals surface area contributed by atoms with E-state index in [-0.39, 0.29) is 0 Å². The molecule has 1 aliphatic heterocycles. The van der Waals surface area contributed by atoms with Crippen LogP contribution >= 0.6 is 0 Å². The molecule has 1 heterocycles. The molecule has 4 fully saturated rings. The number of fused-ring (bicyclic) bond motifs is 5. The number of rotatable bonds is 5. The van der Waals surface area contributed by atoms with Crippen LogP contribution in [0, 0.1) is 52.3 Å². The zero-order valence-electron chi connectivity index (χ0n) is 22.1. The molecule has 5 rings (SSSR count). The molecule has 2 N–H and O–H groups in total. The normalized spacial score (nSPS) is 49.3. The van der Waals surface area contributed by atoms with E-state index >= 15 is 0 Å². The molecule has 0 aromatic heterocycles. The van der Waals surface area contributed by atoms with Gasteiger partial charge in [0.05, 0.1) is 0 Å². The minimum atomic E-state index is 0.555. The molecule has 0 radical (unpaired) electrons. The number of nitrogens with one attached hydrogen (secondary N) is 2. The van der Waals surface area contributed by atoms with E-state index in [4.69, 9.17) is 0 Å². The van der Waals surface area contributed by atoms with Crippen LogP contribution in [0.3, 0.4) is 0 Å². The second-order valence-electron chi connectivity index (χ2n) is 13.7. The van der Waals surface area contributed by atoms with Crippen molar-refractivity contribution in [3.05, 3.63) is 11.6 Å². The molecule has 3 saturated carbocycles. The fourth-order valence-electron chi connectivity index (χ4n) is 10.2. The van der Waals surface area contributed by atoms with Crippen LogP contribution in [0.15, 0.2) is 11.6 Å². The highest BCUT2D eigenvalue weighted by atomic mass is 15.0. The molecule has 0 aromatic carbocycles. The predicted molar refractivity (Wildman–Crippen MR) is 137 cm³/mol. The van der Waals surface area contributed by atoms with Gasteiger partial charge in [-0.2, -0.15) is 0 Å². The predicted octanol–water partition coefficient (Wildman–Crippen LogP) is 6.81. The second kappa shape index (κ2) is 8.71. The molecular formula is C30H52N2. The largest absolute Gasteiger partial charge is 0.317 e. The minimum Gasteiger partial charge on any atom is -0.317 e. The highest BCUT2D eigenvalue weighted by molar-refractivity contribution is 5.28. The van der Waals surface area contributed by atoms with Crippen LogP contribution in [0.2, 0.25) is 0 Å². The maximum Gasteiger partial charge on any atom is 0.0101 e. The third-order valence-corrected chi connectivity index (χ3v) is 12.1. The van der Waals surface area contributed by atoms with Crippen LogP contribution < -0.4 is 10.6 Å². The van der Waals surface area contributed by atoms with Crippen molar-refractivity contribution in [2.75, 3.05) is 13.6 Å². The Kier molecular flexibility index (Phi) is 6.37. The first-order valence-corrected chi connectivity index (χ1v) is 14.4. The maximum atomic E-state index is 3.90. The van der Waals surface area contributed by atoms with E-state index in [1.165, 1.54) is 70.8 Å².